The molecule has 1 aromatic heterocycles. The number of carbonyl (C=O) groups excluding carboxylic acids is 2. The third-order valence-corrected chi connectivity index (χ3v) is 5.44. The maximum atomic E-state index is 14.0. The minimum absolute atomic E-state index is 0.280. The topological polar surface area (TPSA) is 55.4 Å². The number of esters is 1. The molecule has 3 aromatic rings. The molecule has 0 saturated heterocycles. The van der Waals surface area contributed by atoms with Crippen LogP contribution >= 0.6 is 22.9 Å². The molecule has 1 heterocycles. The molecule has 0 saturated carbocycles. The summed E-state index contributed by atoms with van der Waals surface area (Å²) in [6, 6.07) is 11.4. The lowest BCUT2D eigenvalue weighted by molar-refractivity contribution is -0.123. The van der Waals surface area contributed by atoms with Gasteiger partial charge in [-0.3, -0.25) is 4.79 Å². The van der Waals surface area contributed by atoms with Gasteiger partial charge in [0.15, 0.2) is 6.10 Å². The molecular formula is C19H15ClFNO3S. The molecule has 0 unspecified atom stereocenters. The second-order valence-corrected chi connectivity index (χ2v) is 7.15. The highest BCUT2D eigenvalue weighted by atomic mass is 35.5. The van der Waals surface area contributed by atoms with Crippen LogP contribution in [0, 0.1) is 12.7 Å². The van der Waals surface area contributed by atoms with E-state index in [4.69, 9.17) is 16.3 Å². The van der Waals surface area contributed by atoms with Crippen molar-refractivity contribution in [2.75, 3.05) is 5.32 Å². The van der Waals surface area contributed by atoms with E-state index in [0.29, 0.717) is 26.4 Å². The SMILES string of the molecule is Cc1c(C(=O)O[C@H](C)C(=O)Nc2ccccc2Cl)sc2cccc(F)c12. The number of anilines is 1. The summed E-state index contributed by atoms with van der Waals surface area (Å²) in [5, 5.41) is 3.40. The largest absolute Gasteiger partial charge is 0.448 e. The highest BCUT2D eigenvalue weighted by Gasteiger charge is 2.24. The van der Waals surface area contributed by atoms with Crippen molar-refractivity contribution in [3.8, 4) is 0 Å². The van der Waals surface area contributed by atoms with Gasteiger partial charge in [0.1, 0.15) is 10.7 Å². The number of rotatable bonds is 4. The van der Waals surface area contributed by atoms with Gasteiger partial charge in [0.25, 0.3) is 5.91 Å². The Kier molecular flexibility index (Phi) is 5.25. The van der Waals surface area contributed by atoms with Crippen molar-refractivity contribution in [2.24, 2.45) is 0 Å². The summed E-state index contributed by atoms with van der Waals surface area (Å²) in [4.78, 5) is 25.0. The van der Waals surface area contributed by atoms with Gasteiger partial charge < -0.3 is 10.1 Å². The predicted octanol–water partition coefficient (Wildman–Crippen LogP) is 5.19. The van der Waals surface area contributed by atoms with E-state index < -0.39 is 18.0 Å². The van der Waals surface area contributed by atoms with Crippen molar-refractivity contribution in [3.63, 3.8) is 0 Å². The first-order valence-corrected chi connectivity index (χ1v) is 9.02. The van der Waals surface area contributed by atoms with Gasteiger partial charge in [-0.05, 0) is 43.7 Å². The van der Waals surface area contributed by atoms with Crippen molar-refractivity contribution >= 4 is 50.6 Å². The number of thiophene rings is 1. The Morgan fingerprint density at radius 2 is 1.92 bits per heavy atom. The number of aryl methyl sites for hydroxylation is 1. The Labute approximate surface area is 158 Å². The van der Waals surface area contributed by atoms with Gasteiger partial charge in [-0.25, -0.2) is 9.18 Å². The second-order valence-electron chi connectivity index (χ2n) is 5.69. The number of carbonyl (C=O) groups is 2. The average Bonchev–Trinajstić information content (AvgIpc) is 2.95. The fraction of sp³-hybridized carbons (Fsp3) is 0.158. The van der Waals surface area contributed by atoms with Crippen LogP contribution in [0.3, 0.4) is 0 Å². The maximum absolute atomic E-state index is 14.0. The first-order valence-electron chi connectivity index (χ1n) is 7.82. The molecular weight excluding hydrogens is 377 g/mol. The number of ether oxygens (including phenoxy) is 1. The number of benzene rings is 2. The van der Waals surface area contributed by atoms with Crippen LogP contribution in [-0.2, 0) is 9.53 Å². The molecule has 0 aliphatic carbocycles. The molecule has 4 nitrogen and oxygen atoms in total. The van der Waals surface area contributed by atoms with Crippen molar-refractivity contribution < 1.29 is 18.7 Å². The number of hydrogen-bond donors (Lipinski definition) is 1. The lowest BCUT2D eigenvalue weighted by Crippen LogP contribution is -2.30. The van der Waals surface area contributed by atoms with Crippen molar-refractivity contribution in [1.29, 1.82) is 0 Å². The van der Waals surface area contributed by atoms with E-state index in [2.05, 4.69) is 5.32 Å². The lowest BCUT2D eigenvalue weighted by atomic mass is 10.1. The van der Waals surface area contributed by atoms with Crippen LogP contribution in [0.2, 0.25) is 5.02 Å². The van der Waals surface area contributed by atoms with Crippen LogP contribution < -0.4 is 5.32 Å². The maximum Gasteiger partial charge on any atom is 0.349 e. The zero-order valence-electron chi connectivity index (χ0n) is 14.0. The third-order valence-electron chi connectivity index (χ3n) is 3.87. The molecule has 1 N–H and O–H groups in total. The quantitative estimate of drug-likeness (QED) is 0.623. The highest BCUT2D eigenvalue weighted by molar-refractivity contribution is 7.21. The van der Waals surface area contributed by atoms with Gasteiger partial charge in [0.2, 0.25) is 0 Å². The summed E-state index contributed by atoms with van der Waals surface area (Å²) in [5.41, 5.74) is 0.939. The molecule has 1 atom stereocenters. The summed E-state index contributed by atoms with van der Waals surface area (Å²) < 4.78 is 19.9. The molecule has 26 heavy (non-hydrogen) atoms. The summed E-state index contributed by atoms with van der Waals surface area (Å²) in [7, 11) is 0. The molecule has 0 radical (unpaired) electrons. The zero-order valence-corrected chi connectivity index (χ0v) is 15.6. The molecule has 0 fully saturated rings. The van der Waals surface area contributed by atoms with Crippen LogP contribution in [0.25, 0.3) is 10.1 Å². The number of nitrogens with one attached hydrogen (secondary N) is 1. The average molecular weight is 392 g/mol. The van der Waals surface area contributed by atoms with E-state index in [1.165, 1.54) is 13.0 Å². The highest BCUT2D eigenvalue weighted by Crippen LogP contribution is 2.33. The van der Waals surface area contributed by atoms with Gasteiger partial charge in [-0.1, -0.05) is 29.8 Å². The van der Waals surface area contributed by atoms with E-state index in [-0.39, 0.29) is 10.7 Å². The standard InChI is InChI=1S/C19H15ClFNO3S/c1-10-16-13(21)7-5-9-15(16)26-17(10)19(24)25-11(2)18(23)22-14-8-4-3-6-12(14)20/h3-9,11H,1-2H3,(H,22,23)/t11-/m1/s1. The Balaban J connectivity index is 1.75. The fourth-order valence-corrected chi connectivity index (χ4v) is 3.80. The van der Waals surface area contributed by atoms with Crippen LogP contribution in [0.1, 0.15) is 22.2 Å². The molecule has 1 amide bonds. The molecule has 7 heteroatoms. The van der Waals surface area contributed by atoms with Gasteiger partial charge in [0.05, 0.1) is 10.7 Å². The summed E-state index contributed by atoms with van der Waals surface area (Å²) >= 11 is 7.14. The van der Waals surface area contributed by atoms with E-state index in [1.807, 2.05) is 0 Å². The summed E-state index contributed by atoms with van der Waals surface area (Å²) in [5.74, 6) is -1.55. The fourth-order valence-electron chi connectivity index (χ4n) is 2.51. The van der Waals surface area contributed by atoms with Crippen LogP contribution in [0.5, 0.6) is 0 Å². The van der Waals surface area contributed by atoms with Crippen LogP contribution in [0.4, 0.5) is 10.1 Å². The Morgan fingerprint density at radius 1 is 1.19 bits per heavy atom. The second kappa shape index (κ2) is 7.43. The number of halogens is 2. The first-order chi connectivity index (χ1) is 12.4. The summed E-state index contributed by atoms with van der Waals surface area (Å²) in [6.07, 6.45) is -1.03. The molecule has 0 aliphatic heterocycles. The molecule has 2 aromatic carbocycles. The lowest BCUT2D eigenvalue weighted by Gasteiger charge is -2.14. The molecule has 0 bridgehead atoms. The van der Waals surface area contributed by atoms with Crippen molar-refractivity contribution in [1.82, 2.24) is 0 Å². The molecule has 0 aliphatic rings. The van der Waals surface area contributed by atoms with E-state index in [0.717, 1.165) is 11.3 Å². The van der Waals surface area contributed by atoms with Gasteiger partial charge in [0, 0.05) is 10.1 Å². The van der Waals surface area contributed by atoms with Crippen molar-refractivity contribution in [2.45, 2.75) is 20.0 Å². The van der Waals surface area contributed by atoms with E-state index >= 15 is 0 Å². The molecule has 3 rings (SSSR count). The van der Waals surface area contributed by atoms with Gasteiger partial charge in [-0.2, -0.15) is 0 Å². The van der Waals surface area contributed by atoms with E-state index in [9.17, 15) is 14.0 Å². The smallest absolute Gasteiger partial charge is 0.349 e. The minimum atomic E-state index is -1.03. The van der Waals surface area contributed by atoms with Crippen LogP contribution in [-0.4, -0.2) is 18.0 Å². The number of fused-ring (bicyclic) bond motifs is 1. The summed E-state index contributed by atoms with van der Waals surface area (Å²) in [6.45, 7) is 3.13. The normalized spacial score (nSPS) is 12.0. The van der Waals surface area contributed by atoms with Crippen molar-refractivity contribution in [3.05, 3.63) is 63.7 Å². The minimum Gasteiger partial charge on any atom is -0.448 e. The Hall–Kier alpha value is -2.44. The number of para-hydroxylation sites is 1. The van der Waals surface area contributed by atoms with E-state index in [1.54, 1.807) is 43.3 Å². The zero-order chi connectivity index (χ0) is 18.8. The molecule has 0 spiro atoms. The van der Waals surface area contributed by atoms with Gasteiger partial charge >= 0.3 is 5.97 Å². The van der Waals surface area contributed by atoms with Gasteiger partial charge in [-0.15, -0.1) is 11.3 Å². The monoisotopic (exact) mass is 391 g/mol. The molecule has 134 valence electrons. The Morgan fingerprint density at radius 3 is 2.62 bits per heavy atom. The predicted molar refractivity (Wildman–Crippen MR) is 101 cm³/mol. The third kappa shape index (κ3) is 3.57. The first kappa shape index (κ1) is 18.4. The Bertz CT molecular complexity index is 1000. The number of hydrogen-bond acceptors (Lipinski definition) is 4. The number of amides is 1. The van der Waals surface area contributed by atoms with Crippen LogP contribution in [0.15, 0.2) is 42.5 Å².